The van der Waals surface area contributed by atoms with Crippen LogP contribution >= 0.6 is 0 Å². The Bertz CT molecular complexity index is 926. The Morgan fingerprint density at radius 3 is 2.59 bits per heavy atom. The van der Waals surface area contributed by atoms with Gasteiger partial charge in [-0.25, -0.2) is 17.9 Å². The third kappa shape index (κ3) is 4.23. The number of anilines is 1. The Kier molecular flexibility index (Phi) is 5.67. The highest BCUT2D eigenvalue weighted by atomic mass is 32.2. The number of nitrogens with one attached hydrogen (secondary N) is 2. The number of sulfonamides is 1. The summed E-state index contributed by atoms with van der Waals surface area (Å²) in [6, 6.07) is 11.9. The zero-order chi connectivity index (χ0) is 19.4. The van der Waals surface area contributed by atoms with Gasteiger partial charge >= 0.3 is 6.03 Å². The molecule has 0 atom stereocenters. The van der Waals surface area contributed by atoms with Crippen LogP contribution in [0.15, 0.2) is 47.4 Å². The summed E-state index contributed by atoms with van der Waals surface area (Å²) in [6.07, 6.45) is 0.630. The molecule has 1 heterocycles. The lowest BCUT2D eigenvalue weighted by atomic mass is 10.2. The van der Waals surface area contributed by atoms with Gasteiger partial charge in [-0.1, -0.05) is 12.1 Å². The van der Waals surface area contributed by atoms with Gasteiger partial charge < -0.3 is 10.1 Å². The molecule has 8 heteroatoms. The van der Waals surface area contributed by atoms with Crippen LogP contribution in [-0.2, 0) is 23.0 Å². The second kappa shape index (κ2) is 7.98. The van der Waals surface area contributed by atoms with Crippen LogP contribution < -0.4 is 19.7 Å². The molecule has 1 aliphatic heterocycles. The topological polar surface area (TPSA) is 87.7 Å². The number of ether oxygens (including phenoxy) is 1. The second-order valence-electron chi connectivity index (χ2n) is 6.15. The van der Waals surface area contributed by atoms with Crippen molar-refractivity contribution >= 4 is 21.7 Å². The molecule has 2 aromatic carbocycles. The molecule has 27 heavy (non-hydrogen) atoms. The minimum Gasteiger partial charge on any atom is -0.494 e. The average Bonchev–Trinajstić information content (AvgIpc) is 3.10. The molecule has 3 rings (SSSR count). The largest absolute Gasteiger partial charge is 0.494 e. The van der Waals surface area contributed by atoms with Gasteiger partial charge in [0.2, 0.25) is 10.0 Å². The zero-order valence-electron chi connectivity index (χ0n) is 15.4. The Balaban J connectivity index is 1.71. The van der Waals surface area contributed by atoms with E-state index >= 15 is 0 Å². The molecule has 1 aliphatic rings. The fraction of sp³-hybridized carbons (Fsp3) is 0.316. The van der Waals surface area contributed by atoms with Crippen molar-refractivity contribution in [2.75, 3.05) is 25.1 Å². The fourth-order valence-corrected chi connectivity index (χ4v) is 4.09. The van der Waals surface area contributed by atoms with Gasteiger partial charge in [-0.15, -0.1) is 0 Å². The molecular formula is C19H23N3O4S. The molecule has 7 nitrogen and oxygen atoms in total. The number of nitrogens with zero attached hydrogens (tertiary/aromatic N) is 1. The third-order valence-corrected chi connectivity index (χ3v) is 5.82. The number of fused-ring (bicyclic) bond motifs is 1. The number of urea groups is 1. The monoisotopic (exact) mass is 389 g/mol. The van der Waals surface area contributed by atoms with E-state index in [1.807, 2.05) is 31.2 Å². The minimum absolute atomic E-state index is 0.191. The number of carbonyl (C=O) groups is 1. The van der Waals surface area contributed by atoms with Crippen LogP contribution in [0.5, 0.6) is 5.75 Å². The predicted octanol–water partition coefficient (Wildman–Crippen LogP) is 2.27. The van der Waals surface area contributed by atoms with Crippen LogP contribution in [-0.4, -0.2) is 34.6 Å². The lowest BCUT2D eigenvalue weighted by molar-refractivity contribution is 0.248. The van der Waals surface area contributed by atoms with E-state index in [0.29, 0.717) is 19.6 Å². The highest BCUT2D eigenvalue weighted by Crippen LogP contribution is 2.30. The van der Waals surface area contributed by atoms with Crippen molar-refractivity contribution in [2.24, 2.45) is 0 Å². The third-order valence-electron chi connectivity index (χ3n) is 4.42. The summed E-state index contributed by atoms with van der Waals surface area (Å²) in [5, 5.41) is 2.59. The molecule has 0 spiro atoms. The van der Waals surface area contributed by atoms with Gasteiger partial charge in [-0.3, -0.25) is 4.90 Å². The first-order chi connectivity index (χ1) is 12.9. The van der Waals surface area contributed by atoms with Crippen molar-refractivity contribution in [1.82, 2.24) is 10.0 Å². The van der Waals surface area contributed by atoms with Crippen molar-refractivity contribution in [3.63, 3.8) is 0 Å². The van der Waals surface area contributed by atoms with Crippen molar-refractivity contribution in [1.29, 1.82) is 0 Å². The zero-order valence-corrected chi connectivity index (χ0v) is 16.2. The molecule has 0 bridgehead atoms. The van der Waals surface area contributed by atoms with Crippen molar-refractivity contribution in [3.05, 3.63) is 53.6 Å². The number of rotatable bonds is 6. The van der Waals surface area contributed by atoms with E-state index in [0.717, 1.165) is 22.6 Å². The maximum Gasteiger partial charge on any atom is 0.321 e. The number of hydrogen-bond donors (Lipinski definition) is 2. The maximum atomic E-state index is 12.6. The Morgan fingerprint density at radius 1 is 1.19 bits per heavy atom. The number of benzene rings is 2. The second-order valence-corrected chi connectivity index (χ2v) is 7.92. The molecule has 2 N–H and O–H groups in total. The maximum absolute atomic E-state index is 12.6. The predicted molar refractivity (Wildman–Crippen MR) is 104 cm³/mol. The van der Waals surface area contributed by atoms with E-state index in [9.17, 15) is 13.2 Å². The minimum atomic E-state index is -3.64. The summed E-state index contributed by atoms with van der Waals surface area (Å²) in [6.45, 7) is 3.22. The average molecular weight is 389 g/mol. The molecule has 0 aliphatic carbocycles. The summed E-state index contributed by atoms with van der Waals surface area (Å²) >= 11 is 0. The van der Waals surface area contributed by atoms with E-state index in [4.69, 9.17) is 4.74 Å². The number of carbonyl (C=O) groups excluding carboxylic acids is 1. The summed E-state index contributed by atoms with van der Waals surface area (Å²) in [4.78, 5) is 13.7. The Hall–Kier alpha value is -2.58. The van der Waals surface area contributed by atoms with Gasteiger partial charge in [0.25, 0.3) is 0 Å². The molecule has 0 aromatic heterocycles. The summed E-state index contributed by atoms with van der Waals surface area (Å²) in [5.41, 5.74) is 2.44. The fourth-order valence-electron chi connectivity index (χ4n) is 3.02. The Morgan fingerprint density at radius 2 is 1.93 bits per heavy atom. The van der Waals surface area contributed by atoms with Crippen LogP contribution in [0.1, 0.15) is 18.1 Å². The first kappa shape index (κ1) is 19.2. The first-order valence-corrected chi connectivity index (χ1v) is 10.3. The summed E-state index contributed by atoms with van der Waals surface area (Å²) < 4.78 is 33.2. The SMILES string of the molecule is CCOc1ccc(CNS(=O)(=O)c2ccc3c(c2)CCN3C(=O)NC)cc1. The van der Waals surface area contributed by atoms with Gasteiger partial charge in [0, 0.05) is 25.8 Å². The molecule has 144 valence electrons. The van der Waals surface area contributed by atoms with Gasteiger partial charge in [-0.2, -0.15) is 0 Å². The van der Waals surface area contributed by atoms with Crippen molar-refractivity contribution < 1.29 is 17.9 Å². The van der Waals surface area contributed by atoms with Gasteiger partial charge in [-0.05, 0) is 54.8 Å². The number of amides is 2. The lowest BCUT2D eigenvalue weighted by Crippen LogP contribution is -2.36. The quantitative estimate of drug-likeness (QED) is 0.793. The van der Waals surface area contributed by atoms with Gasteiger partial charge in [0.1, 0.15) is 5.75 Å². The van der Waals surface area contributed by atoms with E-state index in [2.05, 4.69) is 10.0 Å². The molecule has 2 aromatic rings. The van der Waals surface area contributed by atoms with Gasteiger partial charge in [0.05, 0.1) is 11.5 Å². The molecule has 0 fully saturated rings. The van der Waals surface area contributed by atoms with E-state index in [1.165, 1.54) is 6.07 Å². The highest BCUT2D eigenvalue weighted by molar-refractivity contribution is 7.89. The summed E-state index contributed by atoms with van der Waals surface area (Å²) in [7, 11) is -2.07. The van der Waals surface area contributed by atoms with Crippen molar-refractivity contribution in [3.8, 4) is 5.75 Å². The van der Waals surface area contributed by atoms with Crippen molar-refractivity contribution in [2.45, 2.75) is 24.8 Å². The van der Waals surface area contributed by atoms with E-state index in [1.54, 1.807) is 24.1 Å². The molecular weight excluding hydrogens is 366 g/mol. The first-order valence-electron chi connectivity index (χ1n) is 8.78. The molecule has 0 unspecified atom stereocenters. The molecule has 0 radical (unpaired) electrons. The van der Waals surface area contributed by atoms with Crippen LogP contribution in [0.2, 0.25) is 0 Å². The standard InChI is InChI=1S/C19H23N3O4S/c1-3-26-16-6-4-14(5-7-16)13-21-27(24,25)17-8-9-18-15(12-17)10-11-22(18)19(23)20-2/h4-9,12,21H,3,10-11,13H2,1-2H3,(H,20,23). The molecule has 2 amide bonds. The summed E-state index contributed by atoms with van der Waals surface area (Å²) in [5.74, 6) is 0.753. The van der Waals surface area contributed by atoms with Crippen LogP contribution in [0, 0.1) is 0 Å². The van der Waals surface area contributed by atoms with Crippen LogP contribution in [0.3, 0.4) is 0 Å². The van der Waals surface area contributed by atoms with E-state index in [-0.39, 0.29) is 17.5 Å². The number of hydrogen-bond acceptors (Lipinski definition) is 4. The van der Waals surface area contributed by atoms with Gasteiger partial charge in [0.15, 0.2) is 0 Å². The molecule has 0 saturated heterocycles. The smallest absolute Gasteiger partial charge is 0.321 e. The lowest BCUT2D eigenvalue weighted by Gasteiger charge is -2.16. The molecule has 0 saturated carbocycles. The Labute approximate surface area is 159 Å². The van der Waals surface area contributed by atoms with Crippen LogP contribution in [0.4, 0.5) is 10.5 Å². The highest BCUT2D eigenvalue weighted by Gasteiger charge is 2.26. The van der Waals surface area contributed by atoms with E-state index < -0.39 is 10.0 Å². The normalized spacial score (nSPS) is 13.3. The van der Waals surface area contributed by atoms with Crippen LogP contribution in [0.25, 0.3) is 0 Å².